The van der Waals surface area contributed by atoms with Crippen molar-refractivity contribution in [3.63, 3.8) is 0 Å². The number of fused-ring (bicyclic) bond motifs is 2. The van der Waals surface area contributed by atoms with Gasteiger partial charge in [-0.1, -0.05) is 56.4 Å². The first kappa shape index (κ1) is 20.6. The second-order valence-electron chi connectivity index (χ2n) is 9.26. The minimum Gasteiger partial charge on any atom is -0.478 e. The SMILES string of the molecule is O=C(O)c1ccc(CC[C@H]2[C@H](/C=C/C(O)CC3CCCCC3)[C@@H]3CC[C@H]2O3)cc1. The number of carboxylic acid groups (broad SMARTS) is 1. The third-order valence-corrected chi connectivity index (χ3v) is 7.31. The van der Waals surface area contributed by atoms with Gasteiger partial charge in [-0.25, -0.2) is 4.79 Å². The molecule has 4 heteroatoms. The molecule has 0 amide bonds. The van der Waals surface area contributed by atoms with Crippen LogP contribution in [0.5, 0.6) is 0 Å². The quantitative estimate of drug-likeness (QED) is 0.605. The predicted molar refractivity (Wildman–Crippen MR) is 113 cm³/mol. The molecule has 3 fully saturated rings. The zero-order valence-electron chi connectivity index (χ0n) is 17.2. The van der Waals surface area contributed by atoms with E-state index in [1.165, 1.54) is 37.7 Å². The Kier molecular flexibility index (Phi) is 6.71. The van der Waals surface area contributed by atoms with E-state index in [2.05, 4.69) is 6.08 Å². The fraction of sp³-hybridized carbons (Fsp3) is 0.640. The maximum absolute atomic E-state index is 11.0. The monoisotopic (exact) mass is 398 g/mol. The highest BCUT2D eigenvalue weighted by molar-refractivity contribution is 5.87. The fourth-order valence-corrected chi connectivity index (χ4v) is 5.70. The van der Waals surface area contributed by atoms with Crippen LogP contribution in [0.25, 0.3) is 0 Å². The van der Waals surface area contributed by atoms with Crippen molar-refractivity contribution in [1.29, 1.82) is 0 Å². The third kappa shape index (κ3) is 5.10. The summed E-state index contributed by atoms with van der Waals surface area (Å²) in [6.07, 6.45) is 16.3. The van der Waals surface area contributed by atoms with Crippen LogP contribution in [0.4, 0.5) is 0 Å². The molecule has 1 saturated carbocycles. The number of carboxylic acids is 1. The van der Waals surface area contributed by atoms with Crippen LogP contribution in [0.2, 0.25) is 0 Å². The highest BCUT2D eigenvalue weighted by atomic mass is 16.5. The highest BCUT2D eigenvalue weighted by Crippen LogP contribution is 2.46. The number of hydrogen-bond donors (Lipinski definition) is 2. The van der Waals surface area contributed by atoms with Crippen molar-refractivity contribution in [2.24, 2.45) is 17.8 Å². The van der Waals surface area contributed by atoms with E-state index in [0.29, 0.717) is 35.5 Å². The number of aliphatic hydroxyl groups is 1. The molecule has 3 aliphatic rings. The van der Waals surface area contributed by atoms with Crippen LogP contribution >= 0.6 is 0 Å². The van der Waals surface area contributed by atoms with E-state index in [-0.39, 0.29) is 6.10 Å². The molecule has 0 radical (unpaired) electrons. The molecule has 1 unspecified atom stereocenters. The van der Waals surface area contributed by atoms with Crippen LogP contribution in [0.15, 0.2) is 36.4 Å². The second kappa shape index (κ2) is 9.44. The number of rotatable bonds is 8. The molecule has 4 nitrogen and oxygen atoms in total. The first-order valence-electron chi connectivity index (χ1n) is 11.4. The van der Waals surface area contributed by atoms with Gasteiger partial charge in [0, 0.05) is 5.92 Å². The fourth-order valence-electron chi connectivity index (χ4n) is 5.70. The number of aromatic carboxylic acids is 1. The predicted octanol–water partition coefficient (Wildman–Crippen LogP) is 5.00. The van der Waals surface area contributed by atoms with Gasteiger partial charge in [-0.05, 0) is 61.6 Å². The zero-order chi connectivity index (χ0) is 20.2. The van der Waals surface area contributed by atoms with Crippen molar-refractivity contribution in [2.75, 3.05) is 0 Å². The van der Waals surface area contributed by atoms with E-state index in [4.69, 9.17) is 9.84 Å². The van der Waals surface area contributed by atoms with Gasteiger partial charge in [0.05, 0.1) is 23.9 Å². The summed E-state index contributed by atoms with van der Waals surface area (Å²) in [6, 6.07) is 7.23. The first-order chi connectivity index (χ1) is 14.1. The molecule has 2 saturated heterocycles. The second-order valence-corrected chi connectivity index (χ2v) is 9.26. The maximum Gasteiger partial charge on any atom is 0.335 e. The molecule has 2 aliphatic heterocycles. The zero-order valence-corrected chi connectivity index (χ0v) is 17.2. The van der Waals surface area contributed by atoms with E-state index in [1.54, 1.807) is 12.1 Å². The summed E-state index contributed by atoms with van der Waals surface area (Å²) >= 11 is 0. The van der Waals surface area contributed by atoms with Crippen LogP contribution < -0.4 is 0 Å². The van der Waals surface area contributed by atoms with Gasteiger partial charge in [-0.2, -0.15) is 0 Å². The lowest BCUT2D eigenvalue weighted by Gasteiger charge is -2.26. The lowest BCUT2D eigenvalue weighted by atomic mass is 9.76. The number of hydrogen-bond acceptors (Lipinski definition) is 3. The van der Waals surface area contributed by atoms with Crippen molar-refractivity contribution in [3.05, 3.63) is 47.5 Å². The Morgan fingerprint density at radius 1 is 1.07 bits per heavy atom. The van der Waals surface area contributed by atoms with Crippen molar-refractivity contribution in [2.45, 2.75) is 82.5 Å². The molecule has 29 heavy (non-hydrogen) atoms. The van der Waals surface area contributed by atoms with Gasteiger partial charge in [0.15, 0.2) is 0 Å². The Morgan fingerprint density at radius 2 is 1.79 bits per heavy atom. The summed E-state index contributed by atoms with van der Waals surface area (Å²) in [4.78, 5) is 11.0. The van der Waals surface area contributed by atoms with E-state index in [0.717, 1.165) is 32.1 Å². The summed E-state index contributed by atoms with van der Waals surface area (Å²) in [7, 11) is 0. The largest absolute Gasteiger partial charge is 0.478 e. The summed E-state index contributed by atoms with van der Waals surface area (Å²) in [5.74, 6) is 0.693. The van der Waals surface area contributed by atoms with E-state index >= 15 is 0 Å². The van der Waals surface area contributed by atoms with Crippen LogP contribution in [0.1, 0.15) is 73.7 Å². The normalized spacial score (nSPS) is 30.8. The van der Waals surface area contributed by atoms with Gasteiger partial charge in [0.2, 0.25) is 0 Å². The lowest BCUT2D eigenvalue weighted by molar-refractivity contribution is 0.0696. The molecular weight excluding hydrogens is 364 g/mol. The minimum atomic E-state index is -0.880. The minimum absolute atomic E-state index is 0.303. The topological polar surface area (TPSA) is 66.8 Å². The Bertz CT molecular complexity index is 704. The summed E-state index contributed by atoms with van der Waals surface area (Å²) in [6.45, 7) is 0. The number of aliphatic hydroxyl groups excluding tert-OH is 1. The van der Waals surface area contributed by atoms with Crippen LogP contribution in [-0.4, -0.2) is 34.5 Å². The standard InChI is InChI=1S/C25H34O4/c26-20(16-18-4-2-1-3-5-18)11-13-22-21(23-14-15-24(22)29-23)12-8-17-6-9-19(10-7-17)25(27)28/h6-7,9-11,13,18,20-24,26H,1-5,8,12,14-16H2,(H,27,28)/b13-11+/t20?,21-,22-,23+,24-/m0/s1. The molecule has 1 aliphatic carbocycles. The van der Waals surface area contributed by atoms with Crippen LogP contribution in [0, 0.1) is 17.8 Å². The Morgan fingerprint density at radius 3 is 2.52 bits per heavy atom. The third-order valence-electron chi connectivity index (χ3n) is 7.31. The summed E-state index contributed by atoms with van der Waals surface area (Å²) < 4.78 is 6.21. The number of ether oxygens (including phenoxy) is 1. The van der Waals surface area contributed by atoms with Crippen molar-refractivity contribution >= 4 is 5.97 Å². The smallest absolute Gasteiger partial charge is 0.335 e. The maximum atomic E-state index is 11.0. The summed E-state index contributed by atoms with van der Waals surface area (Å²) in [5.41, 5.74) is 1.52. The Hall–Kier alpha value is -1.65. The lowest BCUT2D eigenvalue weighted by Crippen LogP contribution is -2.26. The van der Waals surface area contributed by atoms with Crippen LogP contribution in [-0.2, 0) is 11.2 Å². The molecule has 2 heterocycles. The molecule has 0 aromatic heterocycles. The van der Waals surface area contributed by atoms with Gasteiger partial charge in [-0.3, -0.25) is 0 Å². The summed E-state index contributed by atoms with van der Waals surface area (Å²) in [5, 5.41) is 19.6. The Balaban J connectivity index is 1.32. The van der Waals surface area contributed by atoms with Crippen molar-refractivity contribution in [1.82, 2.24) is 0 Å². The molecule has 2 N–H and O–H groups in total. The molecule has 0 spiro atoms. The molecule has 2 bridgehead atoms. The van der Waals surface area contributed by atoms with Gasteiger partial charge in [0.1, 0.15) is 0 Å². The highest BCUT2D eigenvalue weighted by Gasteiger charge is 2.47. The van der Waals surface area contributed by atoms with Crippen molar-refractivity contribution < 1.29 is 19.7 Å². The number of benzene rings is 1. The van der Waals surface area contributed by atoms with Gasteiger partial charge < -0.3 is 14.9 Å². The molecule has 5 atom stereocenters. The van der Waals surface area contributed by atoms with E-state index in [1.807, 2.05) is 18.2 Å². The average Bonchev–Trinajstić information content (AvgIpc) is 3.33. The number of aryl methyl sites for hydroxylation is 1. The first-order valence-corrected chi connectivity index (χ1v) is 11.4. The molecule has 158 valence electrons. The van der Waals surface area contributed by atoms with Gasteiger partial charge in [0.25, 0.3) is 0 Å². The van der Waals surface area contributed by atoms with Gasteiger partial charge >= 0.3 is 5.97 Å². The molecule has 1 aromatic carbocycles. The van der Waals surface area contributed by atoms with Crippen LogP contribution in [0.3, 0.4) is 0 Å². The number of carbonyl (C=O) groups is 1. The van der Waals surface area contributed by atoms with Crippen molar-refractivity contribution in [3.8, 4) is 0 Å². The van der Waals surface area contributed by atoms with E-state index in [9.17, 15) is 9.90 Å². The van der Waals surface area contributed by atoms with Gasteiger partial charge in [-0.15, -0.1) is 0 Å². The molecule has 1 aromatic rings. The molecule has 4 rings (SSSR count). The molecular formula is C25H34O4. The van der Waals surface area contributed by atoms with E-state index < -0.39 is 5.97 Å². The average molecular weight is 399 g/mol. The Labute approximate surface area is 174 Å².